The zero-order valence-electron chi connectivity index (χ0n) is 22.6. The van der Waals surface area contributed by atoms with Crippen molar-refractivity contribution in [3.63, 3.8) is 0 Å². The monoisotopic (exact) mass is 541 g/mol. The molecule has 3 aromatic carbocycles. The number of fused-ring (bicyclic) bond motifs is 2. The van der Waals surface area contributed by atoms with Crippen molar-refractivity contribution in [3.8, 4) is 34.3 Å². The van der Waals surface area contributed by atoms with Gasteiger partial charge in [-0.3, -0.25) is 4.79 Å². The van der Waals surface area contributed by atoms with Crippen molar-refractivity contribution in [2.24, 2.45) is 0 Å². The van der Waals surface area contributed by atoms with Gasteiger partial charge in [-0.2, -0.15) is 0 Å². The number of rotatable bonds is 5. The molecule has 10 heteroatoms. The van der Waals surface area contributed by atoms with Crippen LogP contribution in [-0.4, -0.2) is 68.1 Å². The molecule has 0 fully saturated rings. The summed E-state index contributed by atoms with van der Waals surface area (Å²) in [7, 11) is 7.67. The summed E-state index contributed by atoms with van der Waals surface area (Å²) in [6.45, 7) is 0. The summed E-state index contributed by atoms with van der Waals surface area (Å²) in [5.74, 6) is 0.232. The van der Waals surface area contributed by atoms with E-state index in [1.807, 2.05) is 48.5 Å². The molecule has 0 bridgehead atoms. The highest BCUT2D eigenvalue weighted by molar-refractivity contribution is 6.17. The minimum atomic E-state index is -0.710. The first kappa shape index (κ1) is 26.4. The smallest absolute Gasteiger partial charge is 0.414 e. The SMILES string of the molecule is COc1ccc2[nH]c(-c3ccccc3)c(/C=C3/Oc4cc(OC(=O)N(C)C)cc(OC(=O)N(C)C)c4C3=O)c2c1. The molecule has 5 rings (SSSR count). The number of benzene rings is 3. The number of carbonyl (C=O) groups excluding carboxylic acids is 3. The lowest BCUT2D eigenvalue weighted by atomic mass is 10.0. The molecule has 10 nitrogen and oxygen atoms in total. The van der Waals surface area contributed by atoms with E-state index in [2.05, 4.69) is 4.98 Å². The zero-order valence-corrected chi connectivity index (χ0v) is 22.6. The van der Waals surface area contributed by atoms with E-state index >= 15 is 0 Å². The number of aromatic amines is 1. The number of allylic oxidation sites excluding steroid dienone is 1. The summed E-state index contributed by atoms with van der Waals surface area (Å²) < 4.78 is 22.3. The van der Waals surface area contributed by atoms with Gasteiger partial charge in [-0.05, 0) is 29.8 Å². The van der Waals surface area contributed by atoms with Gasteiger partial charge in [-0.15, -0.1) is 0 Å². The summed E-state index contributed by atoms with van der Waals surface area (Å²) in [6, 6.07) is 18.0. The Kier molecular flexibility index (Phi) is 6.91. The number of ether oxygens (including phenoxy) is 4. The van der Waals surface area contributed by atoms with Crippen LogP contribution in [-0.2, 0) is 0 Å². The number of nitrogens with zero attached hydrogens (tertiary/aromatic N) is 2. The number of nitrogens with one attached hydrogen (secondary N) is 1. The average Bonchev–Trinajstić information content (AvgIpc) is 3.45. The van der Waals surface area contributed by atoms with Gasteiger partial charge >= 0.3 is 12.2 Å². The molecule has 1 aliphatic heterocycles. The number of H-pyrrole nitrogens is 1. The molecule has 0 aliphatic carbocycles. The molecule has 2 amide bonds. The second-order valence-electron chi connectivity index (χ2n) is 9.45. The van der Waals surface area contributed by atoms with E-state index in [9.17, 15) is 14.4 Å². The fraction of sp³-hybridized carbons (Fsp3) is 0.167. The van der Waals surface area contributed by atoms with Crippen LogP contribution in [0.15, 0.2) is 66.4 Å². The fourth-order valence-corrected chi connectivity index (χ4v) is 4.20. The molecule has 204 valence electrons. The highest BCUT2D eigenvalue weighted by Gasteiger charge is 2.34. The van der Waals surface area contributed by atoms with Gasteiger partial charge in [0, 0.05) is 56.8 Å². The first-order valence-electron chi connectivity index (χ1n) is 12.3. The molecule has 1 aromatic heterocycles. The quantitative estimate of drug-likeness (QED) is 0.329. The molecule has 0 atom stereocenters. The molecule has 1 aliphatic rings. The number of ketones is 1. The third kappa shape index (κ3) is 4.94. The van der Waals surface area contributed by atoms with Crippen LogP contribution in [0.5, 0.6) is 23.0 Å². The number of carbonyl (C=O) groups is 3. The van der Waals surface area contributed by atoms with Crippen molar-refractivity contribution < 1.29 is 33.3 Å². The summed E-state index contributed by atoms with van der Waals surface area (Å²) in [5, 5.41) is 0.818. The number of amides is 2. The second kappa shape index (κ2) is 10.5. The maximum absolute atomic E-state index is 13.7. The number of hydrogen-bond acceptors (Lipinski definition) is 7. The van der Waals surface area contributed by atoms with Crippen LogP contribution in [0.2, 0.25) is 0 Å². The Labute approximate surface area is 230 Å². The minimum Gasteiger partial charge on any atom is -0.497 e. The van der Waals surface area contributed by atoms with Crippen molar-refractivity contribution in [1.29, 1.82) is 0 Å². The van der Waals surface area contributed by atoms with Crippen LogP contribution in [0.25, 0.3) is 28.2 Å². The molecule has 0 saturated heterocycles. The predicted molar refractivity (Wildman–Crippen MR) is 149 cm³/mol. The molecular weight excluding hydrogens is 514 g/mol. The van der Waals surface area contributed by atoms with Gasteiger partial charge in [0.2, 0.25) is 5.78 Å². The molecule has 2 heterocycles. The van der Waals surface area contributed by atoms with Crippen LogP contribution in [0.4, 0.5) is 9.59 Å². The van der Waals surface area contributed by atoms with Crippen molar-refractivity contribution in [3.05, 3.63) is 77.5 Å². The molecule has 0 radical (unpaired) electrons. The summed E-state index contributed by atoms with van der Waals surface area (Å²) in [5.41, 5.74) is 3.29. The maximum atomic E-state index is 13.7. The molecular formula is C30H27N3O7. The zero-order chi connectivity index (χ0) is 28.6. The van der Waals surface area contributed by atoms with Crippen LogP contribution >= 0.6 is 0 Å². The normalized spacial score (nSPS) is 13.1. The van der Waals surface area contributed by atoms with Gasteiger partial charge in [0.25, 0.3) is 0 Å². The lowest BCUT2D eigenvalue weighted by Crippen LogP contribution is -2.26. The van der Waals surface area contributed by atoms with Crippen molar-refractivity contribution in [2.45, 2.75) is 0 Å². The van der Waals surface area contributed by atoms with E-state index in [4.69, 9.17) is 18.9 Å². The Hall–Kier alpha value is -5.25. The first-order chi connectivity index (χ1) is 19.2. The highest BCUT2D eigenvalue weighted by Crippen LogP contribution is 2.43. The molecule has 0 saturated carbocycles. The fourth-order valence-electron chi connectivity index (χ4n) is 4.20. The summed E-state index contributed by atoms with van der Waals surface area (Å²) in [6.07, 6.45) is 0.287. The van der Waals surface area contributed by atoms with Crippen molar-refractivity contribution in [1.82, 2.24) is 14.8 Å². The van der Waals surface area contributed by atoms with E-state index in [0.717, 1.165) is 22.2 Å². The Morgan fingerprint density at radius 1 is 0.875 bits per heavy atom. The summed E-state index contributed by atoms with van der Waals surface area (Å²) >= 11 is 0. The van der Waals surface area contributed by atoms with E-state index in [1.54, 1.807) is 13.2 Å². The molecule has 0 spiro atoms. The Morgan fingerprint density at radius 3 is 2.25 bits per heavy atom. The Bertz CT molecular complexity index is 1670. The largest absolute Gasteiger partial charge is 0.497 e. The highest BCUT2D eigenvalue weighted by atomic mass is 16.6. The molecule has 40 heavy (non-hydrogen) atoms. The standard InChI is InChI=1S/C30H27N3O7/c1-32(2)29(35)38-19-14-23-26(24(15-19)40-30(36)33(3)4)28(34)25(39-23)16-21-20-13-18(37-5)11-12-22(20)31-27(21)17-9-7-6-8-10-17/h6-16,31H,1-5H3/b25-16+. The van der Waals surface area contributed by atoms with E-state index in [0.29, 0.717) is 11.3 Å². The van der Waals surface area contributed by atoms with Gasteiger partial charge < -0.3 is 33.7 Å². The Morgan fingerprint density at radius 2 is 1.57 bits per heavy atom. The third-order valence-corrected chi connectivity index (χ3v) is 6.23. The van der Waals surface area contributed by atoms with Crippen LogP contribution in [0, 0.1) is 0 Å². The van der Waals surface area contributed by atoms with Crippen molar-refractivity contribution in [2.75, 3.05) is 35.3 Å². The molecule has 0 unspecified atom stereocenters. The predicted octanol–water partition coefficient (Wildman–Crippen LogP) is 5.58. The lowest BCUT2D eigenvalue weighted by molar-refractivity contribution is 0.101. The van der Waals surface area contributed by atoms with Gasteiger partial charge in [-0.25, -0.2) is 9.59 Å². The van der Waals surface area contributed by atoms with E-state index in [-0.39, 0.29) is 28.6 Å². The van der Waals surface area contributed by atoms with Crippen LogP contribution < -0.4 is 18.9 Å². The molecule has 1 N–H and O–H groups in total. The van der Waals surface area contributed by atoms with Crippen molar-refractivity contribution >= 4 is 34.9 Å². The molecule has 4 aromatic rings. The van der Waals surface area contributed by atoms with Crippen LogP contribution in [0.1, 0.15) is 15.9 Å². The second-order valence-corrected chi connectivity index (χ2v) is 9.45. The maximum Gasteiger partial charge on any atom is 0.414 e. The van der Waals surface area contributed by atoms with E-state index < -0.39 is 18.0 Å². The first-order valence-corrected chi connectivity index (χ1v) is 12.3. The summed E-state index contributed by atoms with van der Waals surface area (Å²) in [4.78, 5) is 44.2. The Balaban J connectivity index is 1.64. The van der Waals surface area contributed by atoms with Gasteiger partial charge in [0.15, 0.2) is 11.5 Å². The minimum absolute atomic E-state index is 0.00846. The van der Waals surface area contributed by atoms with Gasteiger partial charge in [0.1, 0.15) is 22.8 Å². The average molecular weight is 542 g/mol. The van der Waals surface area contributed by atoms with Gasteiger partial charge in [-0.1, -0.05) is 30.3 Å². The third-order valence-electron chi connectivity index (χ3n) is 6.23. The number of Topliss-reactive ketones (excluding diaryl/α,β-unsaturated/α-hetero) is 1. The topological polar surface area (TPSA) is 110 Å². The van der Waals surface area contributed by atoms with E-state index in [1.165, 1.54) is 50.1 Å². The number of methoxy groups -OCH3 is 1. The number of aromatic nitrogens is 1. The lowest BCUT2D eigenvalue weighted by Gasteiger charge is -2.15. The van der Waals surface area contributed by atoms with Gasteiger partial charge in [0.05, 0.1) is 12.8 Å². The number of hydrogen-bond donors (Lipinski definition) is 1. The van der Waals surface area contributed by atoms with Crippen LogP contribution in [0.3, 0.4) is 0 Å².